The van der Waals surface area contributed by atoms with Crippen molar-refractivity contribution in [2.24, 2.45) is 5.92 Å². The van der Waals surface area contributed by atoms with Gasteiger partial charge in [-0.15, -0.1) is 0 Å². The Bertz CT molecular complexity index is 444. The summed E-state index contributed by atoms with van der Waals surface area (Å²) < 4.78 is 5.26. The van der Waals surface area contributed by atoms with Crippen LogP contribution in [0.4, 0.5) is 0 Å². The second kappa shape index (κ2) is 7.65. The van der Waals surface area contributed by atoms with Crippen LogP contribution in [0.15, 0.2) is 30.3 Å². The number of carboxylic acids is 1. The zero-order valence-electron chi connectivity index (χ0n) is 12.1. The maximum Gasteiger partial charge on any atom is 0.323 e. The monoisotopic (exact) mass is 279 g/mol. The molecular weight excluding hydrogens is 258 g/mol. The number of methoxy groups -OCH3 is 1. The number of hydrogen-bond acceptors (Lipinski definition) is 3. The molecule has 0 spiro atoms. The van der Waals surface area contributed by atoms with E-state index in [2.05, 4.69) is 0 Å². The highest BCUT2D eigenvalue weighted by Gasteiger charge is 2.27. The molecule has 0 bridgehead atoms. The van der Waals surface area contributed by atoms with Crippen LogP contribution in [0.3, 0.4) is 0 Å². The second-order valence-electron chi connectivity index (χ2n) is 5.03. The highest BCUT2D eigenvalue weighted by atomic mass is 16.5. The molecule has 0 saturated heterocycles. The largest absolute Gasteiger partial charge is 0.480 e. The van der Waals surface area contributed by atoms with Crippen LogP contribution in [-0.2, 0) is 14.3 Å². The fourth-order valence-corrected chi connectivity index (χ4v) is 2.01. The number of carbonyl (C=O) groups is 2. The molecule has 0 aliphatic heterocycles. The Morgan fingerprint density at radius 2 is 1.85 bits per heavy atom. The standard InChI is InChI=1S/C15H21NO4/c1-11(2)9-16(10-13(17)18)15(19)14(20-3)12-7-5-4-6-8-12/h4-8,11,14H,9-10H2,1-3H3,(H,17,18)/t14-/m1/s1. The fraction of sp³-hybridized carbons (Fsp3) is 0.467. The first kappa shape index (κ1) is 16.2. The van der Waals surface area contributed by atoms with E-state index in [9.17, 15) is 9.59 Å². The van der Waals surface area contributed by atoms with E-state index in [1.165, 1.54) is 12.0 Å². The predicted molar refractivity (Wildman–Crippen MR) is 75.2 cm³/mol. The van der Waals surface area contributed by atoms with Crippen molar-refractivity contribution in [3.63, 3.8) is 0 Å². The van der Waals surface area contributed by atoms with Gasteiger partial charge < -0.3 is 14.7 Å². The average molecular weight is 279 g/mol. The molecule has 1 rings (SSSR count). The summed E-state index contributed by atoms with van der Waals surface area (Å²) in [7, 11) is 1.45. The SMILES string of the molecule is CO[C@@H](C(=O)N(CC(=O)O)CC(C)C)c1ccccc1. The van der Waals surface area contributed by atoms with Crippen molar-refractivity contribution in [1.82, 2.24) is 4.90 Å². The minimum atomic E-state index is -1.03. The number of carboxylic acid groups (broad SMARTS) is 1. The minimum absolute atomic E-state index is 0.187. The van der Waals surface area contributed by atoms with Gasteiger partial charge in [0.15, 0.2) is 6.10 Å². The Balaban J connectivity index is 2.93. The van der Waals surface area contributed by atoms with Crippen LogP contribution in [0.5, 0.6) is 0 Å². The van der Waals surface area contributed by atoms with Crippen LogP contribution < -0.4 is 0 Å². The molecular formula is C15H21NO4. The normalized spacial score (nSPS) is 12.2. The van der Waals surface area contributed by atoms with E-state index in [0.717, 1.165) is 5.56 Å². The number of aliphatic carboxylic acids is 1. The molecule has 5 heteroatoms. The Hall–Kier alpha value is -1.88. The third-order valence-corrected chi connectivity index (χ3v) is 2.79. The number of rotatable bonds is 7. The van der Waals surface area contributed by atoms with Gasteiger partial charge in [-0.25, -0.2) is 0 Å². The first-order valence-electron chi connectivity index (χ1n) is 6.54. The van der Waals surface area contributed by atoms with Crippen molar-refractivity contribution in [2.45, 2.75) is 20.0 Å². The van der Waals surface area contributed by atoms with Crippen LogP contribution in [0, 0.1) is 5.92 Å². The van der Waals surface area contributed by atoms with Gasteiger partial charge in [-0.05, 0) is 11.5 Å². The number of carbonyl (C=O) groups excluding carboxylic acids is 1. The summed E-state index contributed by atoms with van der Waals surface area (Å²) in [5.41, 5.74) is 0.721. The quantitative estimate of drug-likeness (QED) is 0.828. The van der Waals surface area contributed by atoms with Gasteiger partial charge in [0.1, 0.15) is 6.54 Å². The molecule has 1 atom stereocenters. The van der Waals surface area contributed by atoms with Crippen LogP contribution in [-0.4, -0.2) is 42.1 Å². The highest BCUT2D eigenvalue weighted by molar-refractivity contribution is 5.85. The molecule has 1 aromatic rings. The maximum atomic E-state index is 12.5. The summed E-state index contributed by atoms with van der Waals surface area (Å²) in [4.78, 5) is 24.7. The third-order valence-electron chi connectivity index (χ3n) is 2.79. The Morgan fingerprint density at radius 3 is 2.30 bits per heavy atom. The lowest BCUT2D eigenvalue weighted by molar-refractivity contribution is -0.150. The van der Waals surface area contributed by atoms with Crippen LogP contribution in [0.25, 0.3) is 0 Å². The molecule has 0 aliphatic rings. The van der Waals surface area contributed by atoms with Crippen molar-refractivity contribution in [3.8, 4) is 0 Å². The molecule has 0 saturated carbocycles. The molecule has 0 aliphatic carbocycles. The van der Waals surface area contributed by atoms with E-state index in [0.29, 0.717) is 6.54 Å². The van der Waals surface area contributed by atoms with Gasteiger partial charge in [0, 0.05) is 13.7 Å². The first-order valence-corrected chi connectivity index (χ1v) is 6.54. The van der Waals surface area contributed by atoms with Crippen molar-refractivity contribution in [1.29, 1.82) is 0 Å². The summed E-state index contributed by atoms with van der Waals surface area (Å²) in [6.07, 6.45) is -0.769. The minimum Gasteiger partial charge on any atom is -0.480 e. The van der Waals surface area contributed by atoms with Gasteiger partial charge in [0.2, 0.25) is 0 Å². The van der Waals surface area contributed by atoms with Crippen molar-refractivity contribution in [2.75, 3.05) is 20.2 Å². The molecule has 110 valence electrons. The molecule has 0 heterocycles. The smallest absolute Gasteiger partial charge is 0.323 e. The van der Waals surface area contributed by atoms with Crippen LogP contribution in [0.1, 0.15) is 25.5 Å². The number of amides is 1. The number of ether oxygens (including phenoxy) is 1. The van der Waals surface area contributed by atoms with Gasteiger partial charge in [0.25, 0.3) is 5.91 Å². The highest BCUT2D eigenvalue weighted by Crippen LogP contribution is 2.19. The lowest BCUT2D eigenvalue weighted by Crippen LogP contribution is -2.41. The molecule has 20 heavy (non-hydrogen) atoms. The maximum absolute atomic E-state index is 12.5. The molecule has 0 radical (unpaired) electrons. The van der Waals surface area contributed by atoms with E-state index in [4.69, 9.17) is 9.84 Å². The summed E-state index contributed by atoms with van der Waals surface area (Å²) in [5.74, 6) is -1.16. The van der Waals surface area contributed by atoms with E-state index in [1.807, 2.05) is 32.0 Å². The number of nitrogens with zero attached hydrogens (tertiary/aromatic N) is 1. The number of benzene rings is 1. The summed E-state index contributed by atoms with van der Waals surface area (Å²) in [6, 6.07) is 9.07. The number of hydrogen-bond donors (Lipinski definition) is 1. The lowest BCUT2D eigenvalue weighted by Gasteiger charge is -2.27. The average Bonchev–Trinajstić information content (AvgIpc) is 2.39. The molecule has 1 aromatic carbocycles. The van der Waals surface area contributed by atoms with Gasteiger partial charge in [0.05, 0.1) is 0 Å². The second-order valence-corrected chi connectivity index (χ2v) is 5.03. The molecule has 1 N–H and O–H groups in total. The Labute approximate surface area is 119 Å². The first-order chi connectivity index (χ1) is 9.45. The van der Waals surface area contributed by atoms with E-state index >= 15 is 0 Å². The van der Waals surface area contributed by atoms with E-state index < -0.39 is 12.1 Å². The van der Waals surface area contributed by atoms with Crippen molar-refractivity contribution in [3.05, 3.63) is 35.9 Å². The van der Waals surface area contributed by atoms with E-state index in [-0.39, 0.29) is 18.4 Å². The van der Waals surface area contributed by atoms with Gasteiger partial charge in [-0.1, -0.05) is 44.2 Å². The zero-order chi connectivity index (χ0) is 15.1. The molecule has 0 unspecified atom stereocenters. The summed E-state index contributed by atoms with van der Waals surface area (Å²) >= 11 is 0. The van der Waals surface area contributed by atoms with Gasteiger partial charge in [-0.2, -0.15) is 0 Å². The molecule has 1 amide bonds. The molecule has 5 nitrogen and oxygen atoms in total. The Morgan fingerprint density at radius 1 is 1.25 bits per heavy atom. The molecule has 0 fully saturated rings. The van der Waals surface area contributed by atoms with Crippen molar-refractivity contribution >= 4 is 11.9 Å². The summed E-state index contributed by atoms with van der Waals surface area (Å²) in [6.45, 7) is 3.94. The van der Waals surface area contributed by atoms with Crippen LogP contribution >= 0.6 is 0 Å². The van der Waals surface area contributed by atoms with Gasteiger partial charge >= 0.3 is 5.97 Å². The van der Waals surface area contributed by atoms with Crippen molar-refractivity contribution < 1.29 is 19.4 Å². The Kier molecular flexibility index (Phi) is 6.18. The summed E-state index contributed by atoms with van der Waals surface area (Å²) in [5, 5.41) is 8.94. The topological polar surface area (TPSA) is 66.8 Å². The fourth-order valence-electron chi connectivity index (χ4n) is 2.01. The van der Waals surface area contributed by atoms with Gasteiger partial charge in [-0.3, -0.25) is 9.59 Å². The molecule has 0 aromatic heterocycles. The zero-order valence-corrected chi connectivity index (χ0v) is 12.1. The third kappa shape index (κ3) is 4.66. The van der Waals surface area contributed by atoms with Crippen LogP contribution in [0.2, 0.25) is 0 Å². The predicted octanol–water partition coefficient (Wildman–Crippen LogP) is 1.94. The lowest BCUT2D eigenvalue weighted by atomic mass is 10.1. The van der Waals surface area contributed by atoms with E-state index in [1.54, 1.807) is 12.1 Å².